The molecule has 1 aromatic heterocycles. The molecule has 106 valence electrons. The number of aryl methyl sites for hydroxylation is 1. The van der Waals surface area contributed by atoms with E-state index in [4.69, 9.17) is 10.8 Å². The largest absolute Gasteiger partial charge is 0.354 e. The number of nitrogen functional groups attached to an aromatic ring is 1. The summed E-state index contributed by atoms with van der Waals surface area (Å²) in [4.78, 5) is 11.5. The highest BCUT2D eigenvalue weighted by molar-refractivity contribution is 5.49. The number of aromatic nitrogens is 2. The minimum Gasteiger partial charge on any atom is -0.354 e. The van der Waals surface area contributed by atoms with Gasteiger partial charge in [0.1, 0.15) is 17.5 Å². The fourth-order valence-corrected chi connectivity index (χ4v) is 2.19. The molecule has 5 nitrogen and oxygen atoms in total. The van der Waals surface area contributed by atoms with E-state index in [0.29, 0.717) is 11.9 Å². The van der Waals surface area contributed by atoms with Crippen LogP contribution in [0.15, 0.2) is 6.07 Å². The van der Waals surface area contributed by atoms with Gasteiger partial charge >= 0.3 is 0 Å². The van der Waals surface area contributed by atoms with Crippen LogP contribution in [0.2, 0.25) is 0 Å². The van der Waals surface area contributed by atoms with Crippen LogP contribution in [-0.2, 0) is 6.42 Å². The molecular weight excluding hydrogens is 238 g/mol. The molecule has 1 aliphatic rings. The average molecular weight is 263 g/mol. The van der Waals surface area contributed by atoms with E-state index in [2.05, 4.69) is 36.1 Å². The third-order valence-corrected chi connectivity index (χ3v) is 3.45. The van der Waals surface area contributed by atoms with Crippen molar-refractivity contribution >= 4 is 11.6 Å². The smallest absolute Gasteiger partial charge is 0.145 e. The Kier molecular flexibility index (Phi) is 4.58. The normalized spacial score (nSPS) is 14.8. The van der Waals surface area contributed by atoms with Crippen molar-refractivity contribution in [3.05, 3.63) is 11.9 Å². The highest BCUT2D eigenvalue weighted by Gasteiger charge is 2.26. The highest BCUT2D eigenvalue weighted by Crippen LogP contribution is 2.32. The first-order valence-corrected chi connectivity index (χ1v) is 7.25. The predicted molar refractivity (Wildman–Crippen MR) is 79.0 cm³/mol. The average Bonchev–Trinajstić information content (AvgIpc) is 3.19. The fraction of sp³-hybridized carbons (Fsp3) is 0.714. The van der Waals surface area contributed by atoms with Crippen LogP contribution in [0.3, 0.4) is 0 Å². The van der Waals surface area contributed by atoms with Crippen molar-refractivity contribution in [2.45, 2.75) is 52.5 Å². The molecule has 0 aliphatic heterocycles. The molecule has 0 saturated heterocycles. The molecule has 0 unspecified atom stereocenters. The highest BCUT2D eigenvalue weighted by atomic mass is 15.3. The standard InChI is InChI=1S/C14H25N5/c1-4-5-12-16-13(18-15)8-14(17-12)19(10(2)3)9-11-6-7-11/h8,10-11H,4-7,9,15H2,1-3H3,(H,16,17,18). The molecule has 3 N–H and O–H groups in total. The quantitative estimate of drug-likeness (QED) is 0.584. The first-order chi connectivity index (χ1) is 9.13. The van der Waals surface area contributed by atoms with E-state index in [9.17, 15) is 0 Å². The van der Waals surface area contributed by atoms with Gasteiger partial charge < -0.3 is 10.3 Å². The third kappa shape index (κ3) is 3.80. The zero-order valence-electron chi connectivity index (χ0n) is 12.2. The summed E-state index contributed by atoms with van der Waals surface area (Å²) in [5.74, 6) is 8.92. The number of anilines is 2. The molecule has 0 bridgehead atoms. The third-order valence-electron chi connectivity index (χ3n) is 3.45. The van der Waals surface area contributed by atoms with Crippen LogP contribution in [0.25, 0.3) is 0 Å². The Morgan fingerprint density at radius 2 is 2.16 bits per heavy atom. The Hall–Kier alpha value is -1.36. The molecule has 0 atom stereocenters. The van der Waals surface area contributed by atoms with Gasteiger partial charge in [-0.05, 0) is 39.0 Å². The van der Waals surface area contributed by atoms with E-state index in [-0.39, 0.29) is 0 Å². The van der Waals surface area contributed by atoms with Gasteiger partial charge in [-0.1, -0.05) is 6.92 Å². The SMILES string of the molecule is CCCc1nc(NN)cc(N(CC2CC2)C(C)C)n1. The molecule has 1 heterocycles. The summed E-state index contributed by atoms with van der Waals surface area (Å²) < 4.78 is 0. The minimum atomic E-state index is 0.440. The van der Waals surface area contributed by atoms with Gasteiger partial charge in [0.2, 0.25) is 0 Å². The molecule has 1 saturated carbocycles. The van der Waals surface area contributed by atoms with E-state index < -0.39 is 0 Å². The van der Waals surface area contributed by atoms with Crippen molar-refractivity contribution in [1.29, 1.82) is 0 Å². The van der Waals surface area contributed by atoms with Crippen LogP contribution >= 0.6 is 0 Å². The van der Waals surface area contributed by atoms with Crippen LogP contribution in [0.1, 0.15) is 45.9 Å². The summed E-state index contributed by atoms with van der Waals surface area (Å²) in [6, 6.07) is 2.39. The van der Waals surface area contributed by atoms with Crippen molar-refractivity contribution in [2.75, 3.05) is 16.9 Å². The maximum absolute atomic E-state index is 5.51. The Balaban J connectivity index is 2.25. The van der Waals surface area contributed by atoms with Gasteiger partial charge in [-0.2, -0.15) is 0 Å². The lowest BCUT2D eigenvalue weighted by Gasteiger charge is -2.28. The second-order valence-corrected chi connectivity index (χ2v) is 5.61. The number of nitrogens with zero attached hydrogens (tertiary/aromatic N) is 3. The van der Waals surface area contributed by atoms with Gasteiger partial charge in [-0.15, -0.1) is 0 Å². The van der Waals surface area contributed by atoms with Crippen molar-refractivity contribution in [2.24, 2.45) is 11.8 Å². The van der Waals surface area contributed by atoms with Crippen molar-refractivity contribution in [1.82, 2.24) is 9.97 Å². The van der Waals surface area contributed by atoms with E-state index in [1.807, 2.05) is 6.07 Å². The fourth-order valence-electron chi connectivity index (χ4n) is 2.19. The Labute approximate surface area is 115 Å². The van der Waals surface area contributed by atoms with Gasteiger partial charge in [0.05, 0.1) is 0 Å². The number of hydrogen-bond acceptors (Lipinski definition) is 5. The molecule has 5 heteroatoms. The summed E-state index contributed by atoms with van der Waals surface area (Å²) in [5, 5.41) is 0. The zero-order valence-corrected chi connectivity index (χ0v) is 12.2. The lowest BCUT2D eigenvalue weighted by atomic mass is 10.2. The molecule has 1 aromatic rings. The summed E-state index contributed by atoms with van der Waals surface area (Å²) in [6.07, 6.45) is 4.62. The number of rotatable bonds is 7. The first kappa shape index (κ1) is 14.1. The molecular formula is C14H25N5. The lowest BCUT2D eigenvalue weighted by Crippen LogP contribution is -2.34. The molecule has 0 radical (unpaired) electrons. The van der Waals surface area contributed by atoms with Crippen LogP contribution in [0.5, 0.6) is 0 Å². The summed E-state index contributed by atoms with van der Waals surface area (Å²) >= 11 is 0. The van der Waals surface area contributed by atoms with Gasteiger partial charge in [0.25, 0.3) is 0 Å². The maximum Gasteiger partial charge on any atom is 0.145 e. The van der Waals surface area contributed by atoms with E-state index >= 15 is 0 Å². The van der Waals surface area contributed by atoms with E-state index in [1.54, 1.807) is 0 Å². The number of hydrogen-bond donors (Lipinski definition) is 2. The molecule has 1 fully saturated rings. The Morgan fingerprint density at radius 3 is 2.68 bits per heavy atom. The molecule has 0 amide bonds. The topological polar surface area (TPSA) is 67.1 Å². The Bertz CT molecular complexity index is 414. The van der Waals surface area contributed by atoms with Crippen LogP contribution in [0, 0.1) is 5.92 Å². The predicted octanol–water partition coefficient (Wildman–Crippen LogP) is 2.34. The van der Waals surface area contributed by atoms with Gasteiger partial charge in [-0.25, -0.2) is 15.8 Å². The van der Waals surface area contributed by atoms with E-state index in [0.717, 1.165) is 36.9 Å². The van der Waals surface area contributed by atoms with Gasteiger partial charge in [-0.3, -0.25) is 0 Å². The first-order valence-electron chi connectivity index (χ1n) is 7.25. The number of hydrazine groups is 1. The number of nitrogens with two attached hydrogens (primary N) is 1. The molecule has 1 aliphatic carbocycles. The van der Waals surface area contributed by atoms with Crippen molar-refractivity contribution in [3.63, 3.8) is 0 Å². The zero-order chi connectivity index (χ0) is 13.8. The summed E-state index contributed by atoms with van der Waals surface area (Å²) in [5.41, 5.74) is 2.65. The van der Waals surface area contributed by atoms with Gasteiger partial charge in [0, 0.05) is 25.1 Å². The second kappa shape index (κ2) is 6.19. The van der Waals surface area contributed by atoms with Crippen molar-refractivity contribution < 1.29 is 0 Å². The molecule has 0 spiro atoms. The minimum absolute atomic E-state index is 0.440. The molecule has 0 aromatic carbocycles. The Morgan fingerprint density at radius 1 is 1.42 bits per heavy atom. The molecule has 2 rings (SSSR count). The molecule has 19 heavy (non-hydrogen) atoms. The summed E-state index contributed by atoms with van der Waals surface area (Å²) in [6.45, 7) is 7.64. The summed E-state index contributed by atoms with van der Waals surface area (Å²) in [7, 11) is 0. The number of nitrogens with one attached hydrogen (secondary N) is 1. The van der Waals surface area contributed by atoms with Crippen molar-refractivity contribution in [3.8, 4) is 0 Å². The van der Waals surface area contributed by atoms with Gasteiger partial charge in [0.15, 0.2) is 0 Å². The van der Waals surface area contributed by atoms with Crippen LogP contribution in [-0.4, -0.2) is 22.6 Å². The maximum atomic E-state index is 5.51. The van der Waals surface area contributed by atoms with E-state index in [1.165, 1.54) is 12.8 Å². The lowest BCUT2D eigenvalue weighted by molar-refractivity contribution is 0.633. The second-order valence-electron chi connectivity index (χ2n) is 5.61. The van der Waals surface area contributed by atoms with Crippen LogP contribution < -0.4 is 16.2 Å². The van der Waals surface area contributed by atoms with Crippen LogP contribution in [0.4, 0.5) is 11.6 Å². The monoisotopic (exact) mass is 263 g/mol.